The molecule has 0 saturated heterocycles. The minimum atomic E-state index is -0.461. The molecular formula is C19H22Cl2FN3O3. The first-order valence-electron chi connectivity index (χ1n) is 8.32. The number of hydrogen-bond acceptors (Lipinski definition) is 4. The fraction of sp³-hybridized carbons (Fsp3) is 0.263. The van der Waals surface area contributed by atoms with Crippen LogP contribution in [0, 0.1) is 5.82 Å². The van der Waals surface area contributed by atoms with Crippen LogP contribution in [0.5, 0.6) is 0 Å². The molecule has 0 aliphatic rings. The van der Waals surface area contributed by atoms with Crippen molar-refractivity contribution < 1.29 is 18.7 Å². The van der Waals surface area contributed by atoms with Crippen LogP contribution in [0.2, 0.25) is 5.02 Å². The van der Waals surface area contributed by atoms with E-state index in [1.54, 1.807) is 31.4 Å². The first kappa shape index (κ1) is 23.8. The lowest BCUT2D eigenvalue weighted by molar-refractivity contribution is -0.115. The number of anilines is 1. The van der Waals surface area contributed by atoms with Crippen LogP contribution < -0.4 is 16.0 Å². The summed E-state index contributed by atoms with van der Waals surface area (Å²) in [7, 11) is 1.58. The predicted octanol–water partition coefficient (Wildman–Crippen LogP) is 3.01. The van der Waals surface area contributed by atoms with E-state index in [1.807, 2.05) is 0 Å². The number of methoxy groups -OCH3 is 1. The normalized spacial score (nSPS) is 10.1. The van der Waals surface area contributed by atoms with Gasteiger partial charge in [0.1, 0.15) is 5.82 Å². The van der Waals surface area contributed by atoms with Crippen molar-refractivity contribution in [3.05, 3.63) is 64.4 Å². The minimum absolute atomic E-state index is 0. The van der Waals surface area contributed by atoms with E-state index in [-0.39, 0.29) is 42.0 Å². The third-order valence-electron chi connectivity index (χ3n) is 3.66. The zero-order valence-corrected chi connectivity index (χ0v) is 16.8. The fourth-order valence-corrected chi connectivity index (χ4v) is 2.47. The number of amides is 2. The van der Waals surface area contributed by atoms with Gasteiger partial charge in [0.15, 0.2) is 0 Å². The average Bonchev–Trinajstić information content (AvgIpc) is 2.66. The summed E-state index contributed by atoms with van der Waals surface area (Å²) in [6, 6.07) is 10.8. The maximum absolute atomic E-state index is 13.6. The molecule has 28 heavy (non-hydrogen) atoms. The summed E-state index contributed by atoms with van der Waals surface area (Å²) in [5.41, 5.74) is 1.00. The molecule has 9 heteroatoms. The number of nitrogens with one attached hydrogen (secondary N) is 3. The largest absolute Gasteiger partial charge is 0.383 e. The van der Waals surface area contributed by atoms with E-state index >= 15 is 0 Å². The molecule has 2 aromatic rings. The number of hydrogen-bond donors (Lipinski definition) is 3. The Labute approximate surface area is 174 Å². The van der Waals surface area contributed by atoms with Gasteiger partial charge >= 0.3 is 0 Å². The van der Waals surface area contributed by atoms with Gasteiger partial charge in [-0.15, -0.1) is 12.4 Å². The summed E-state index contributed by atoms with van der Waals surface area (Å²) in [5.74, 6) is -1.12. The van der Waals surface area contributed by atoms with Crippen LogP contribution in [0.15, 0.2) is 42.5 Å². The third kappa shape index (κ3) is 7.44. The third-order valence-corrected chi connectivity index (χ3v) is 3.99. The standard InChI is InChI=1S/C19H21ClFN3O3.ClH/c1-27-9-8-22-12-18(25)24-14-6-7-16(20)15(10-14)19(26)23-11-13-4-2-3-5-17(13)21;/h2-7,10,22H,8-9,11-12H2,1H3,(H,23,26)(H,24,25);1H. The minimum Gasteiger partial charge on any atom is -0.383 e. The monoisotopic (exact) mass is 429 g/mol. The van der Waals surface area contributed by atoms with Crippen LogP contribution in [0.4, 0.5) is 10.1 Å². The van der Waals surface area contributed by atoms with E-state index in [0.29, 0.717) is 24.4 Å². The van der Waals surface area contributed by atoms with Gasteiger partial charge in [-0.25, -0.2) is 4.39 Å². The van der Waals surface area contributed by atoms with Gasteiger partial charge in [-0.3, -0.25) is 9.59 Å². The average molecular weight is 430 g/mol. The fourth-order valence-electron chi connectivity index (χ4n) is 2.27. The van der Waals surface area contributed by atoms with Crippen LogP contribution in [-0.2, 0) is 16.1 Å². The molecule has 0 unspecified atom stereocenters. The molecule has 6 nitrogen and oxygen atoms in total. The summed E-state index contributed by atoms with van der Waals surface area (Å²) in [6.07, 6.45) is 0. The van der Waals surface area contributed by atoms with Crippen molar-refractivity contribution in [2.75, 3.05) is 32.1 Å². The lowest BCUT2D eigenvalue weighted by Gasteiger charge is -2.11. The Morgan fingerprint density at radius 1 is 1.18 bits per heavy atom. The van der Waals surface area contributed by atoms with E-state index in [4.69, 9.17) is 16.3 Å². The Kier molecular flexibility index (Phi) is 10.5. The van der Waals surface area contributed by atoms with E-state index in [1.165, 1.54) is 18.2 Å². The highest BCUT2D eigenvalue weighted by atomic mass is 35.5. The molecule has 152 valence electrons. The molecule has 3 N–H and O–H groups in total. The smallest absolute Gasteiger partial charge is 0.253 e. The number of rotatable bonds is 9. The Morgan fingerprint density at radius 3 is 2.64 bits per heavy atom. The molecule has 0 aliphatic heterocycles. The van der Waals surface area contributed by atoms with Crippen molar-refractivity contribution in [1.29, 1.82) is 0 Å². The van der Waals surface area contributed by atoms with Crippen molar-refractivity contribution in [3.8, 4) is 0 Å². The summed E-state index contributed by atoms with van der Waals surface area (Å²) >= 11 is 6.09. The van der Waals surface area contributed by atoms with Gasteiger partial charge in [-0.1, -0.05) is 29.8 Å². The summed E-state index contributed by atoms with van der Waals surface area (Å²) in [6.45, 7) is 1.19. The molecule has 0 heterocycles. The van der Waals surface area contributed by atoms with Gasteiger partial charge in [0.05, 0.1) is 23.7 Å². The molecule has 0 aliphatic carbocycles. The summed E-state index contributed by atoms with van der Waals surface area (Å²) in [5, 5.41) is 8.46. The van der Waals surface area contributed by atoms with Crippen molar-refractivity contribution in [2.24, 2.45) is 0 Å². The van der Waals surface area contributed by atoms with Crippen LogP contribution in [0.25, 0.3) is 0 Å². The first-order valence-corrected chi connectivity index (χ1v) is 8.69. The quantitative estimate of drug-likeness (QED) is 0.535. The lowest BCUT2D eigenvalue weighted by atomic mass is 10.1. The van der Waals surface area contributed by atoms with E-state index in [0.717, 1.165) is 0 Å². The Balaban J connectivity index is 0.00000392. The zero-order chi connectivity index (χ0) is 19.6. The number of halogens is 3. The van der Waals surface area contributed by atoms with Gasteiger partial charge in [0, 0.05) is 31.5 Å². The van der Waals surface area contributed by atoms with Crippen LogP contribution in [0.3, 0.4) is 0 Å². The van der Waals surface area contributed by atoms with Crippen LogP contribution >= 0.6 is 24.0 Å². The van der Waals surface area contributed by atoms with Crippen molar-refractivity contribution in [3.63, 3.8) is 0 Å². The second-order valence-electron chi connectivity index (χ2n) is 5.69. The number of carbonyl (C=O) groups excluding carboxylic acids is 2. The van der Waals surface area contributed by atoms with Crippen molar-refractivity contribution >= 4 is 41.5 Å². The molecule has 0 atom stereocenters. The molecule has 0 radical (unpaired) electrons. The second kappa shape index (κ2) is 12.3. The topological polar surface area (TPSA) is 79.5 Å². The maximum atomic E-state index is 13.6. The van der Waals surface area contributed by atoms with Crippen molar-refractivity contribution in [1.82, 2.24) is 10.6 Å². The van der Waals surface area contributed by atoms with E-state index in [9.17, 15) is 14.0 Å². The molecule has 0 saturated carbocycles. The first-order chi connectivity index (χ1) is 13.0. The predicted molar refractivity (Wildman–Crippen MR) is 110 cm³/mol. The summed E-state index contributed by atoms with van der Waals surface area (Å²) in [4.78, 5) is 24.3. The van der Waals surface area contributed by atoms with E-state index < -0.39 is 11.7 Å². The Morgan fingerprint density at radius 2 is 1.93 bits per heavy atom. The highest BCUT2D eigenvalue weighted by Crippen LogP contribution is 2.21. The van der Waals surface area contributed by atoms with Crippen LogP contribution in [0.1, 0.15) is 15.9 Å². The molecule has 2 aromatic carbocycles. The van der Waals surface area contributed by atoms with E-state index in [2.05, 4.69) is 16.0 Å². The molecule has 0 spiro atoms. The van der Waals surface area contributed by atoms with Gasteiger partial charge in [-0.2, -0.15) is 0 Å². The molecule has 2 rings (SSSR count). The number of carbonyl (C=O) groups is 2. The molecule has 0 aromatic heterocycles. The zero-order valence-electron chi connectivity index (χ0n) is 15.3. The Hall–Kier alpha value is -2.19. The lowest BCUT2D eigenvalue weighted by Crippen LogP contribution is -2.30. The van der Waals surface area contributed by atoms with Gasteiger partial charge in [0.2, 0.25) is 5.91 Å². The highest BCUT2D eigenvalue weighted by Gasteiger charge is 2.13. The summed E-state index contributed by atoms with van der Waals surface area (Å²) < 4.78 is 18.5. The maximum Gasteiger partial charge on any atom is 0.253 e. The van der Waals surface area contributed by atoms with Gasteiger partial charge in [-0.05, 0) is 24.3 Å². The molecular weight excluding hydrogens is 408 g/mol. The van der Waals surface area contributed by atoms with Crippen molar-refractivity contribution in [2.45, 2.75) is 6.54 Å². The highest BCUT2D eigenvalue weighted by molar-refractivity contribution is 6.34. The van der Waals surface area contributed by atoms with Gasteiger partial charge in [0.25, 0.3) is 5.91 Å². The second-order valence-corrected chi connectivity index (χ2v) is 6.09. The number of benzene rings is 2. The SMILES string of the molecule is COCCNCC(=O)Nc1ccc(Cl)c(C(=O)NCc2ccccc2F)c1.Cl. The molecule has 0 fully saturated rings. The Bertz CT molecular complexity index is 806. The van der Waals surface area contributed by atoms with Gasteiger partial charge < -0.3 is 20.7 Å². The molecule has 2 amide bonds. The molecule has 0 bridgehead atoms. The van der Waals surface area contributed by atoms with Crippen LogP contribution in [-0.4, -0.2) is 38.6 Å². The number of ether oxygens (including phenoxy) is 1.